The van der Waals surface area contributed by atoms with E-state index < -0.39 is 5.97 Å². The molecule has 0 bridgehead atoms. The Bertz CT molecular complexity index is 312. The van der Waals surface area contributed by atoms with Crippen LogP contribution in [0.4, 0.5) is 0 Å². The summed E-state index contributed by atoms with van der Waals surface area (Å²) in [6, 6.07) is 1.58. The molecule has 1 heterocycles. The van der Waals surface area contributed by atoms with E-state index in [1.807, 2.05) is 13.2 Å². The molecule has 0 amide bonds. The summed E-state index contributed by atoms with van der Waals surface area (Å²) in [4.78, 5) is 15.3. The van der Waals surface area contributed by atoms with E-state index in [9.17, 15) is 4.79 Å². The van der Waals surface area contributed by atoms with Crippen LogP contribution in [0.25, 0.3) is 0 Å². The van der Waals surface area contributed by atoms with Crippen LogP contribution >= 0.6 is 11.8 Å². The van der Waals surface area contributed by atoms with Gasteiger partial charge in [-0.3, -0.25) is 0 Å². The van der Waals surface area contributed by atoms with Crippen LogP contribution in [0.15, 0.2) is 17.2 Å². The molecule has 0 aliphatic carbocycles. The van der Waals surface area contributed by atoms with Crippen molar-refractivity contribution in [2.24, 2.45) is 0 Å². The number of nitrogens with zero attached hydrogens (tertiary/aromatic N) is 1. The highest BCUT2D eigenvalue weighted by molar-refractivity contribution is 7.98. The van der Waals surface area contributed by atoms with E-state index in [1.54, 1.807) is 24.0 Å². The Morgan fingerprint density at radius 3 is 2.75 bits per heavy atom. The second kappa shape index (κ2) is 3.58. The fraction of sp³-hybridized carbons (Fsp3) is 0.250. The SMILES string of the molecule is CSc1cnc(C(=O)O)cc1C. The van der Waals surface area contributed by atoms with Crippen LogP contribution in [0, 0.1) is 6.92 Å². The van der Waals surface area contributed by atoms with Gasteiger partial charge in [0.15, 0.2) is 0 Å². The van der Waals surface area contributed by atoms with Gasteiger partial charge in [-0.15, -0.1) is 11.8 Å². The molecule has 3 nitrogen and oxygen atoms in total. The van der Waals surface area contributed by atoms with Crippen molar-refractivity contribution in [2.45, 2.75) is 11.8 Å². The van der Waals surface area contributed by atoms with E-state index in [-0.39, 0.29) is 5.69 Å². The third-order valence-corrected chi connectivity index (χ3v) is 2.37. The number of aromatic nitrogens is 1. The van der Waals surface area contributed by atoms with Crippen molar-refractivity contribution >= 4 is 17.7 Å². The van der Waals surface area contributed by atoms with Gasteiger partial charge in [-0.25, -0.2) is 9.78 Å². The van der Waals surface area contributed by atoms with Crippen LogP contribution < -0.4 is 0 Å². The second-order valence-electron chi connectivity index (χ2n) is 2.34. The summed E-state index contributed by atoms with van der Waals surface area (Å²) in [5, 5.41) is 8.60. The lowest BCUT2D eigenvalue weighted by Gasteiger charge is -2.01. The quantitative estimate of drug-likeness (QED) is 0.710. The lowest BCUT2D eigenvalue weighted by atomic mass is 10.2. The monoisotopic (exact) mass is 183 g/mol. The molecule has 4 heteroatoms. The van der Waals surface area contributed by atoms with Crippen molar-refractivity contribution in [1.29, 1.82) is 0 Å². The van der Waals surface area contributed by atoms with E-state index in [2.05, 4.69) is 4.98 Å². The van der Waals surface area contributed by atoms with Crippen molar-refractivity contribution in [3.8, 4) is 0 Å². The first-order valence-corrected chi connectivity index (χ1v) is 4.61. The number of hydrogen-bond acceptors (Lipinski definition) is 3. The number of aromatic carboxylic acids is 1. The summed E-state index contributed by atoms with van der Waals surface area (Å²) in [5.41, 5.74) is 1.06. The number of carboxylic acids is 1. The molecule has 0 radical (unpaired) electrons. The van der Waals surface area contributed by atoms with Crippen molar-refractivity contribution in [1.82, 2.24) is 4.98 Å². The van der Waals surface area contributed by atoms with Gasteiger partial charge >= 0.3 is 5.97 Å². The zero-order valence-electron chi connectivity index (χ0n) is 6.87. The van der Waals surface area contributed by atoms with E-state index in [4.69, 9.17) is 5.11 Å². The van der Waals surface area contributed by atoms with Crippen molar-refractivity contribution in [2.75, 3.05) is 6.26 Å². The summed E-state index contributed by atoms with van der Waals surface area (Å²) in [7, 11) is 0. The van der Waals surface area contributed by atoms with Gasteiger partial charge in [0.2, 0.25) is 0 Å². The molecule has 0 fully saturated rings. The topological polar surface area (TPSA) is 50.2 Å². The van der Waals surface area contributed by atoms with Crippen LogP contribution in [0.1, 0.15) is 16.1 Å². The number of carbonyl (C=O) groups is 1. The summed E-state index contributed by atoms with van der Waals surface area (Å²) in [6.07, 6.45) is 3.52. The first-order valence-electron chi connectivity index (χ1n) is 3.39. The third kappa shape index (κ3) is 1.76. The molecule has 64 valence electrons. The molecule has 0 saturated carbocycles. The molecule has 1 rings (SSSR count). The maximum Gasteiger partial charge on any atom is 0.354 e. The fourth-order valence-electron chi connectivity index (χ4n) is 0.874. The molecular formula is C8H9NO2S. The highest BCUT2D eigenvalue weighted by Gasteiger charge is 2.05. The van der Waals surface area contributed by atoms with Crippen LogP contribution in [-0.4, -0.2) is 22.3 Å². The van der Waals surface area contributed by atoms with Crippen molar-refractivity contribution < 1.29 is 9.90 Å². The molecule has 0 unspecified atom stereocenters. The molecule has 0 atom stereocenters. The normalized spacial score (nSPS) is 9.83. The minimum absolute atomic E-state index is 0.102. The standard InChI is InChI=1S/C8H9NO2S/c1-5-3-6(8(10)11)9-4-7(5)12-2/h3-4H,1-2H3,(H,10,11). The maximum atomic E-state index is 10.5. The minimum atomic E-state index is -0.981. The largest absolute Gasteiger partial charge is 0.477 e. The summed E-state index contributed by atoms with van der Waals surface area (Å²) < 4.78 is 0. The summed E-state index contributed by atoms with van der Waals surface area (Å²) >= 11 is 1.56. The average Bonchev–Trinajstić information content (AvgIpc) is 2.04. The van der Waals surface area contributed by atoms with Gasteiger partial charge in [-0.2, -0.15) is 0 Å². The van der Waals surface area contributed by atoms with Gasteiger partial charge in [0, 0.05) is 11.1 Å². The van der Waals surface area contributed by atoms with E-state index in [1.165, 1.54) is 0 Å². The maximum absolute atomic E-state index is 10.5. The Hall–Kier alpha value is -1.03. The second-order valence-corrected chi connectivity index (χ2v) is 3.19. The lowest BCUT2D eigenvalue weighted by Crippen LogP contribution is -2.00. The Morgan fingerprint density at radius 2 is 2.33 bits per heavy atom. The molecule has 12 heavy (non-hydrogen) atoms. The first kappa shape index (κ1) is 9.06. The molecule has 1 aromatic heterocycles. The first-order chi connectivity index (χ1) is 5.65. The van der Waals surface area contributed by atoms with Gasteiger partial charge in [-0.1, -0.05) is 0 Å². The van der Waals surface area contributed by atoms with Gasteiger partial charge < -0.3 is 5.11 Å². The van der Waals surface area contributed by atoms with Crippen molar-refractivity contribution in [3.63, 3.8) is 0 Å². The lowest BCUT2D eigenvalue weighted by molar-refractivity contribution is 0.0690. The molecule has 0 aliphatic heterocycles. The Morgan fingerprint density at radius 1 is 1.67 bits per heavy atom. The predicted octanol–water partition coefficient (Wildman–Crippen LogP) is 1.81. The van der Waals surface area contributed by atoms with E-state index >= 15 is 0 Å². The smallest absolute Gasteiger partial charge is 0.354 e. The Kier molecular flexibility index (Phi) is 2.70. The van der Waals surface area contributed by atoms with Crippen LogP contribution in [0.3, 0.4) is 0 Å². The van der Waals surface area contributed by atoms with E-state index in [0.29, 0.717) is 0 Å². The Labute approximate surface area is 74.8 Å². The molecule has 0 spiro atoms. The predicted molar refractivity (Wildman–Crippen MR) is 47.7 cm³/mol. The average molecular weight is 183 g/mol. The molecule has 0 saturated heterocycles. The van der Waals surface area contributed by atoms with Crippen LogP contribution in [0.2, 0.25) is 0 Å². The van der Waals surface area contributed by atoms with Gasteiger partial charge in [0.25, 0.3) is 0 Å². The summed E-state index contributed by atoms with van der Waals surface area (Å²) in [6.45, 7) is 1.87. The number of aryl methyl sites for hydroxylation is 1. The highest BCUT2D eigenvalue weighted by Crippen LogP contribution is 2.18. The number of pyridine rings is 1. The zero-order valence-corrected chi connectivity index (χ0v) is 7.68. The van der Waals surface area contributed by atoms with Crippen LogP contribution in [-0.2, 0) is 0 Å². The van der Waals surface area contributed by atoms with E-state index in [0.717, 1.165) is 10.5 Å². The number of thioether (sulfide) groups is 1. The molecule has 0 aliphatic rings. The van der Waals surface area contributed by atoms with Gasteiger partial charge in [-0.05, 0) is 24.8 Å². The number of rotatable bonds is 2. The summed E-state index contributed by atoms with van der Waals surface area (Å²) in [5.74, 6) is -0.981. The zero-order chi connectivity index (χ0) is 9.14. The van der Waals surface area contributed by atoms with Crippen LogP contribution in [0.5, 0.6) is 0 Å². The highest BCUT2D eigenvalue weighted by atomic mass is 32.2. The van der Waals surface area contributed by atoms with Gasteiger partial charge in [0.1, 0.15) is 5.69 Å². The molecule has 1 N–H and O–H groups in total. The molecular weight excluding hydrogens is 174 g/mol. The number of hydrogen-bond donors (Lipinski definition) is 1. The third-order valence-electron chi connectivity index (χ3n) is 1.50. The fourth-order valence-corrected chi connectivity index (χ4v) is 1.41. The van der Waals surface area contributed by atoms with Gasteiger partial charge in [0.05, 0.1) is 0 Å². The molecule has 0 aromatic carbocycles. The van der Waals surface area contributed by atoms with Crippen molar-refractivity contribution in [3.05, 3.63) is 23.5 Å². The minimum Gasteiger partial charge on any atom is -0.477 e. The number of carboxylic acid groups (broad SMARTS) is 1. The molecule has 1 aromatic rings. The Balaban J connectivity index is 3.10.